The van der Waals surface area contributed by atoms with Gasteiger partial charge in [0.1, 0.15) is 23.4 Å². The quantitative estimate of drug-likeness (QED) is 0.401. The van der Waals surface area contributed by atoms with Crippen molar-refractivity contribution in [1.82, 2.24) is 15.5 Å². The molecular formula is C25H41N3O5. The highest BCUT2D eigenvalue weighted by molar-refractivity contribution is 5.92. The lowest BCUT2D eigenvalue weighted by Crippen LogP contribution is -2.52. The molecule has 1 aromatic rings. The molecule has 0 aliphatic carbocycles. The van der Waals surface area contributed by atoms with E-state index < -0.39 is 23.8 Å². The number of hydrogen-bond donors (Lipinski definition) is 3. The first-order valence-electron chi connectivity index (χ1n) is 11.9. The lowest BCUT2D eigenvalue weighted by molar-refractivity contribution is -0.142. The number of phenols is 1. The first kappa shape index (κ1) is 28.3. The van der Waals surface area contributed by atoms with Gasteiger partial charge in [0, 0.05) is 13.1 Å². The van der Waals surface area contributed by atoms with Crippen molar-refractivity contribution in [2.24, 2.45) is 0 Å². The Morgan fingerprint density at radius 2 is 1.64 bits per heavy atom. The number of carbonyl (C=O) groups is 3. The van der Waals surface area contributed by atoms with Crippen LogP contribution < -0.4 is 10.6 Å². The molecule has 1 rings (SSSR count). The zero-order chi connectivity index (χ0) is 25.0. The number of nitrogens with one attached hydrogen (secondary N) is 2. The molecule has 2 unspecified atom stereocenters. The van der Waals surface area contributed by atoms with E-state index in [0.29, 0.717) is 25.1 Å². The van der Waals surface area contributed by atoms with E-state index in [4.69, 9.17) is 4.74 Å². The molecule has 3 N–H and O–H groups in total. The molecule has 0 saturated heterocycles. The van der Waals surface area contributed by atoms with E-state index in [1.165, 1.54) is 17.0 Å². The van der Waals surface area contributed by atoms with Crippen molar-refractivity contribution in [3.63, 3.8) is 0 Å². The summed E-state index contributed by atoms with van der Waals surface area (Å²) in [4.78, 5) is 40.4. The monoisotopic (exact) mass is 463 g/mol. The minimum atomic E-state index is -0.885. The number of carbonyl (C=O) groups excluding carboxylic acids is 3. The highest BCUT2D eigenvalue weighted by Crippen LogP contribution is 2.25. The Morgan fingerprint density at radius 3 is 2.18 bits per heavy atom. The first-order valence-corrected chi connectivity index (χ1v) is 11.9. The summed E-state index contributed by atoms with van der Waals surface area (Å²) < 4.78 is 5.27. The van der Waals surface area contributed by atoms with Gasteiger partial charge in [0.25, 0.3) is 0 Å². The molecule has 8 nitrogen and oxygen atoms in total. The Labute approximate surface area is 198 Å². The largest absolute Gasteiger partial charge is 0.508 e. The highest BCUT2D eigenvalue weighted by Gasteiger charge is 2.34. The minimum Gasteiger partial charge on any atom is -0.508 e. The van der Waals surface area contributed by atoms with Crippen molar-refractivity contribution in [3.8, 4) is 5.75 Å². The van der Waals surface area contributed by atoms with Crippen molar-refractivity contribution in [3.05, 3.63) is 29.8 Å². The van der Waals surface area contributed by atoms with E-state index in [0.717, 1.165) is 25.7 Å². The zero-order valence-corrected chi connectivity index (χ0v) is 20.9. The lowest BCUT2D eigenvalue weighted by Gasteiger charge is -2.33. The van der Waals surface area contributed by atoms with Crippen molar-refractivity contribution < 1.29 is 24.2 Å². The molecule has 0 aromatic heterocycles. The van der Waals surface area contributed by atoms with Crippen LogP contribution in [0.4, 0.5) is 4.79 Å². The second kappa shape index (κ2) is 13.7. The van der Waals surface area contributed by atoms with Gasteiger partial charge in [0.15, 0.2) is 0 Å². The molecular weight excluding hydrogens is 422 g/mol. The number of benzene rings is 1. The van der Waals surface area contributed by atoms with Crippen molar-refractivity contribution >= 4 is 17.9 Å². The molecule has 33 heavy (non-hydrogen) atoms. The summed E-state index contributed by atoms with van der Waals surface area (Å²) in [7, 11) is 0. The summed E-state index contributed by atoms with van der Waals surface area (Å²) in [5.41, 5.74) is -0.100. The van der Waals surface area contributed by atoms with Crippen LogP contribution >= 0.6 is 0 Å². The molecule has 2 atom stereocenters. The average Bonchev–Trinajstić information content (AvgIpc) is 2.73. The van der Waals surface area contributed by atoms with Crippen LogP contribution in [-0.2, 0) is 14.3 Å². The topological polar surface area (TPSA) is 108 Å². The molecule has 0 heterocycles. The Hall–Kier alpha value is -2.77. The molecule has 3 amide bonds. The smallest absolute Gasteiger partial charge is 0.408 e. The van der Waals surface area contributed by atoms with Crippen LogP contribution in [0.25, 0.3) is 0 Å². The fourth-order valence-corrected chi connectivity index (χ4v) is 3.30. The summed E-state index contributed by atoms with van der Waals surface area (Å²) >= 11 is 0. The molecule has 0 bridgehead atoms. The number of unbranched alkanes of at least 4 members (excludes halogenated alkanes) is 3. The van der Waals surface area contributed by atoms with Crippen LogP contribution in [0.3, 0.4) is 0 Å². The second-order valence-electron chi connectivity index (χ2n) is 9.25. The number of aromatic hydroxyl groups is 1. The Kier molecular flexibility index (Phi) is 11.7. The van der Waals surface area contributed by atoms with Crippen LogP contribution in [0, 0.1) is 0 Å². The predicted molar refractivity (Wildman–Crippen MR) is 129 cm³/mol. The van der Waals surface area contributed by atoms with E-state index in [2.05, 4.69) is 17.6 Å². The maximum atomic E-state index is 13.4. The lowest BCUT2D eigenvalue weighted by atomic mass is 10.0. The number of phenolic OH excluding ortho intramolecular Hbond substituents is 1. The normalized spacial score (nSPS) is 13.0. The second-order valence-corrected chi connectivity index (χ2v) is 9.25. The number of rotatable bonds is 12. The molecule has 0 spiro atoms. The van der Waals surface area contributed by atoms with Crippen molar-refractivity contribution in [2.75, 3.05) is 13.1 Å². The summed E-state index contributed by atoms with van der Waals surface area (Å²) in [6.45, 7) is 11.8. The number of ether oxygens (including phenoxy) is 1. The van der Waals surface area contributed by atoms with Crippen LogP contribution in [0.5, 0.6) is 5.75 Å². The zero-order valence-electron chi connectivity index (χ0n) is 20.9. The Morgan fingerprint density at radius 1 is 1.03 bits per heavy atom. The maximum absolute atomic E-state index is 13.4. The van der Waals surface area contributed by atoms with Crippen molar-refractivity contribution in [2.45, 2.75) is 91.3 Å². The van der Waals surface area contributed by atoms with E-state index >= 15 is 0 Å². The molecule has 0 saturated carbocycles. The Balaban J connectivity index is 3.18. The van der Waals surface area contributed by atoms with Crippen molar-refractivity contribution in [1.29, 1.82) is 0 Å². The van der Waals surface area contributed by atoms with Gasteiger partial charge in [-0.3, -0.25) is 9.59 Å². The fraction of sp³-hybridized carbons (Fsp3) is 0.640. The molecule has 8 heteroatoms. The molecule has 186 valence electrons. The van der Waals surface area contributed by atoms with E-state index in [1.54, 1.807) is 39.8 Å². The third-order valence-corrected chi connectivity index (χ3v) is 4.99. The van der Waals surface area contributed by atoms with Gasteiger partial charge < -0.3 is 25.4 Å². The molecule has 0 aliphatic rings. The molecule has 0 fully saturated rings. The van der Waals surface area contributed by atoms with E-state index in [9.17, 15) is 19.5 Å². The van der Waals surface area contributed by atoms with Gasteiger partial charge in [-0.2, -0.15) is 0 Å². The average molecular weight is 464 g/mol. The van der Waals surface area contributed by atoms with Gasteiger partial charge in [-0.05, 0) is 58.2 Å². The minimum absolute atomic E-state index is 0.0762. The summed E-state index contributed by atoms with van der Waals surface area (Å²) in [5.74, 6) is -0.589. The van der Waals surface area contributed by atoms with Crippen LogP contribution in [0.2, 0.25) is 0 Å². The number of nitrogens with zero attached hydrogens (tertiary/aromatic N) is 1. The van der Waals surface area contributed by atoms with Gasteiger partial charge in [0.2, 0.25) is 11.8 Å². The number of hydrogen-bond acceptors (Lipinski definition) is 5. The van der Waals surface area contributed by atoms with Crippen LogP contribution in [0.1, 0.15) is 85.3 Å². The number of alkyl carbamates (subject to hydrolysis) is 1. The molecule has 0 aliphatic heterocycles. The van der Waals surface area contributed by atoms with Crippen LogP contribution in [0.15, 0.2) is 24.3 Å². The fourth-order valence-electron chi connectivity index (χ4n) is 3.30. The third-order valence-electron chi connectivity index (χ3n) is 4.99. The SMILES string of the molecule is CCCCCNC(=O)C(c1ccc(O)cc1)N(CCCC)C(=O)C(C)NC(=O)OC(C)(C)C. The first-order chi connectivity index (χ1) is 15.5. The van der Waals surface area contributed by atoms with Crippen LogP contribution in [-0.4, -0.2) is 52.6 Å². The predicted octanol–water partition coefficient (Wildman–Crippen LogP) is 4.28. The summed E-state index contributed by atoms with van der Waals surface area (Å²) in [6.07, 6.45) is 3.72. The maximum Gasteiger partial charge on any atom is 0.408 e. The third kappa shape index (κ3) is 10.1. The van der Waals surface area contributed by atoms with Gasteiger partial charge in [0.05, 0.1) is 0 Å². The highest BCUT2D eigenvalue weighted by atomic mass is 16.6. The van der Waals surface area contributed by atoms with Gasteiger partial charge >= 0.3 is 6.09 Å². The number of amides is 3. The summed E-state index contributed by atoms with van der Waals surface area (Å²) in [6, 6.07) is 4.52. The van der Waals surface area contributed by atoms with E-state index in [1.807, 2.05) is 6.92 Å². The standard InChI is InChI=1S/C25H41N3O5/c1-7-9-11-16-26-22(30)21(19-12-14-20(29)15-13-19)28(17-10-8-2)23(31)18(3)27-24(32)33-25(4,5)6/h12-15,18,21,29H,7-11,16-17H2,1-6H3,(H,26,30)(H,27,32). The Bertz CT molecular complexity index is 758. The molecule has 1 aromatic carbocycles. The summed E-state index contributed by atoms with van der Waals surface area (Å²) in [5, 5.41) is 15.2. The van der Waals surface area contributed by atoms with Gasteiger partial charge in [-0.25, -0.2) is 4.79 Å². The van der Waals surface area contributed by atoms with Gasteiger partial charge in [-0.1, -0.05) is 45.2 Å². The van der Waals surface area contributed by atoms with Gasteiger partial charge in [-0.15, -0.1) is 0 Å². The van der Waals surface area contributed by atoms with E-state index in [-0.39, 0.29) is 17.6 Å². The molecule has 0 radical (unpaired) electrons.